The summed E-state index contributed by atoms with van der Waals surface area (Å²) in [6, 6.07) is 69.3. The summed E-state index contributed by atoms with van der Waals surface area (Å²) in [4.78, 5) is 11.1. The van der Waals surface area contributed by atoms with Crippen LogP contribution in [-0.4, -0.2) is 16.2 Å². The van der Waals surface area contributed by atoms with Crippen molar-refractivity contribution in [2.24, 2.45) is 9.98 Å². The van der Waals surface area contributed by atoms with E-state index in [4.69, 9.17) is 14.4 Å². The van der Waals surface area contributed by atoms with E-state index in [0.29, 0.717) is 5.84 Å². The molecule has 5 nitrogen and oxygen atoms in total. The number of fused-ring (bicyclic) bond motifs is 11. The van der Waals surface area contributed by atoms with Crippen molar-refractivity contribution in [3.63, 3.8) is 0 Å². The number of nitrogens with one attached hydrogen (secondary N) is 1. The lowest BCUT2D eigenvalue weighted by Gasteiger charge is -2.34. The molecule has 0 saturated heterocycles. The minimum Gasteiger partial charge on any atom is -0.454 e. The van der Waals surface area contributed by atoms with Gasteiger partial charge in [-0.1, -0.05) is 152 Å². The number of para-hydroxylation sites is 2. The summed E-state index contributed by atoms with van der Waals surface area (Å²) < 4.78 is 9.25. The lowest BCUT2D eigenvalue weighted by molar-refractivity contribution is 0.459. The Bertz CT molecular complexity index is 3880. The van der Waals surface area contributed by atoms with Crippen molar-refractivity contribution in [1.29, 1.82) is 0 Å². The number of rotatable bonds is 4. The number of aromatic nitrogens is 1. The van der Waals surface area contributed by atoms with Gasteiger partial charge in [0.05, 0.1) is 16.7 Å². The minimum absolute atomic E-state index is 0.673. The van der Waals surface area contributed by atoms with Crippen molar-refractivity contribution in [1.82, 2.24) is 9.88 Å². The standard InChI is InChI=1S/C56H36N4O/c1-56(48-31-37-18-5-7-21-40(37)41-22-8-9-23-42(41)48)58-54(57-55(59-56)45-26-14-19-34-15-4-6-20-39(34)45)38-30-47-44-25-11-13-28-52(44)61-53(47)51(33-38)60-49-27-12-10-24-43(49)46-29-35-16-2-3-17-36(35)32-50(46)60/h2-33H,1H3,(H,57,58,59)/t56-/m0/s1. The fourth-order valence-corrected chi connectivity index (χ4v) is 9.92. The van der Waals surface area contributed by atoms with Crippen LogP contribution in [0.15, 0.2) is 209 Å². The topological polar surface area (TPSA) is 54.8 Å². The molecule has 0 radical (unpaired) electrons. The largest absolute Gasteiger partial charge is 0.454 e. The molecule has 3 heterocycles. The SMILES string of the molecule is C[C@@]1(c2cc3ccccc3c3ccccc23)N=C(c2cccc3ccccc23)N=C(c2cc(-n3c4ccccc4c4cc5ccccc5cc43)c3oc4ccccc4c3c2)N1. The summed E-state index contributed by atoms with van der Waals surface area (Å²) in [5, 5.41) is 17.8. The van der Waals surface area contributed by atoms with E-state index in [0.717, 1.165) is 82.7 Å². The van der Waals surface area contributed by atoms with Crippen LogP contribution in [0.1, 0.15) is 23.6 Å². The van der Waals surface area contributed by atoms with Gasteiger partial charge in [0.2, 0.25) is 0 Å². The summed E-state index contributed by atoms with van der Waals surface area (Å²) in [6.45, 7) is 2.19. The fraction of sp³-hybridized carbons (Fsp3) is 0.0357. The first-order chi connectivity index (χ1) is 30.1. The van der Waals surface area contributed by atoms with Gasteiger partial charge in [-0.15, -0.1) is 0 Å². The molecule has 10 aromatic carbocycles. The van der Waals surface area contributed by atoms with Crippen molar-refractivity contribution >= 4 is 98.5 Å². The van der Waals surface area contributed by atoms with E-state index in [9.17, 15) is 0 Å². The van der Waals surface area contributed by atoms with E-state index in [1.807, 2.05) is 6.07 Å². The second-order valence-corrected chi connectivity index (χ2v) is 16.3. The molecule has 286 valence electrons. The summed E-state index contributed by atoms with van der Waals surface area (Å²) in [5.74, 6) is 1.41. The zero-order valence-electron chi connectivity index (χ0n) is 33.2. The molecule has 12 aromatic rings. The van der Waals surface area contributed by atoms with E-state index in [1.165, 1.54) is 32.3 Å². The highest BCUT2D eigenvalue weighted by Crippen LogP contribution is 2.42. The molecule has 1 aliphatic rings. The Morgan fingerprint density at radius 1 is 0.475 bits per heavy atom. The minimum atomic E-state index is -0.910. The summed E-state index contributed by atoms with van der Waals surface area (Å²) in [6.07, 6.45) is 0. The quantitative estimate of drug-likeness (QED) is 0.181. The molecule has 0 saturated carbocycles. The molecule has 0 fully saturated rings. The first-order valence-corrected chi connectivity index (χ1v) is 20.8. The highest BCUT2D eigenvalue weighted by Gasteiger charge is 2.35. The Labute approximate surface area is 350 Å². The van der Waals surface area contributed by atoms with Crippen molar-refractivity contribution < 1.29 is 4.42 Å². The van der Waals surface area contributed by atoms with Crippen LogP contribution in [0, 0.1) is 0 Å². The van der Waals surface area contributed by atoms with Gasteiger partial charge in [0.15, 0.2) is 17.1 Å². The predicted octanol–water partition coefficient (Wildman–Crippen LogP) is 14.0. The molecular formula is C56H36N4O. The molecule has 2 aromatic heterocycles. The zero-order chi connectivity index (χ0) is 40.2. The van der Waals surface area contributed by atoms with Crippen LogP contribution in [0.4, 0.5) is 0 Å². The average molecular weight is 781 g/mol. The Morgan fingerprint density at radius 2 is 1.11 bits per heavy atom. The maximum atomic E-state index is 6.87. The molecule has 0 amide bonds. The molecule has 0 spiro atoms. The third kappa shape index (κ3) is 5.07. The lowest BCUT2D eigenvalue weighted by Crippen LogP contribution is -2.46. The zero-order valence-corrected chi connectivity index (χ0v) is 33.2. The fourth-order valence-electron chi connectivity index (χ4n) is 9.92. The molecule has 13 rings (SSSR count). The molecule has 1 aliphatic heterocycles. The molecule has 1 N–H and O–H groups in total. The van der Waals surface area contributed by atoms with Gasteiger partial charge < -0.3 is 14.3 Å². The van der Waals surface area contributed by atoms with Crippen molar-refractivity contribution in [2.45, 2.75) is 12.6 Å². The van der Waals surface area contributed by atoms with Gasteiger partial charge in [-0.2, -0.15) is 0 Å². The Hall–Kier alpha value is -8.02. The number of aliphatic imine (C=N–C) groups is 2. The highest BCUT2D eigenvalue weighted by molar-refractivity contribution is 6.21. The van der Waals surface area contributed by atoms with Crippen LogP contribution in [0.5, 0.6) is 0 Å². The summed E-state index contributed by atoms with van der Waals surface area (Å²) >= 11 is 0. The normalized spacial score (nSPS) is 15.7. The van der Waals surface area contributed by atoms with Crippen LogP contribution in [0.3, 0.4) is 0 Å². The Balaban J connectivity index is 1.12. The first-order valence-electron chi connectivity index (χ1n) is 20.8. The molecular weight excluding hydrogens is 745 g/mol. The monoisotopic (exact) mass is 780 g/mol. The Morgan fingerprint density at radius 3 is 1.95 bits per heavy atom. The third-order valence-corrected chi connectivity index (χ3v) is 12.7. The Kier molecular flexibility index (Phi) is 7.08. The van der Waals surface area contributed by atoms with Crippen molar-refractivity contribution in [3.8, 4) is 5.69 Å². The maximum Gasteiger partial charge on any atom is 0.160 e. The smallest absolute Gasteiger partial charge is 0.160 e. The van der Waals surface area contributed by atoms with Gasteiger partial charge in [0.25, 0.3) is 0 Å². The second-order valence-electron chi connectivity index (χ2n) is 16.3. The maximum absolute atomic E-state index is 6.87. The van der Waals surface area contributed by atoms with Crippen LogP contribution < -0.4 is 5.32 Å². The van der Waals surface area contributed by atoms with E-state index in [2.05, 4.69) is 205 Å². The molecule has 1 atom stereocenters. The van der Waals surface area contributed by atoms with E-state index in [-0.39, 0.29) is 0 Å². The average Bonchev–Trinajstić information content (AvgIpc) is 3.85. The molecule has 61 heavy (non-hydrogen) atoms. The molecule has 0 aliphatic carbocycles. The van der Waals surface area contributed by atoms with E-state index >= 15 is 0 Å². The number of nitrogens with zero attached hydrogens (tertiary/aromatic N) is 3. The summed E-state index contributed by atoms with van der Waals surface area (Å²) in [7, 11) is 0. The van der Waals surface area contributed by atoms with Gasteiger partial charge in [-0.25, -0.2) is 9.98 Å². The predicted molar refractivity (Wildman–Crippen MR) is 255 cm³/mol. The number of hydrogen-bond donors (Lipinski definition) is 1. The van der Waals surface area contributed by atoms with Crippen LogP contribution in [-0.2, 0) is 5.66 Å². The van der Waals surface area contributed by atoms with Crippen LogP contribution in [0.2, 0.25) is 0 Å². The molecule has 0 bridgehead atoms. The number of hydrogen-bond acceptors (Lipinski definition) is 4. The van der Waals surface area contributed by atoms with Crippen LogP contribution in [0.25, 0.3) is 92.5 Å². The number of amidine groups is 2. The number of benzene rings is 10. The lowest BCUT2D eigenvalue weighted by atomic mass is 9.90. The van der Waals surface area contributed by atoms with Gasteiger partial charge >= 0.3 is 0 Å². The van der Waals surface area contributed by atoms with E-state index in [1.54, 1.807) is 0 Å². The third-order valence-electron chi connectivity index (χ3n) is 12.7. The van der Waals surface area contributed by atoms with Crippen molar-refractivity contribution in [2.75, 3.05) is 0 Å². The van der Waals surface area contributed by atoms with E-state index < -0.39 is 5.66 Å². The first kappa shape index (κ1) is 33.9. The summed E-state index contributed by atoms with van der Waals surface area (Å²) in [5.41, 5.74) is 6.92. The highest BCUT2D eigenvalue weighted by atomic mass is 16.3. The van der Waals surface area contributed by atoms with Crippen molar-refractivity contribution in [3.05, 3.63) is 211 Å². The van der Waals surface area contributed by atoms with Gasteiger partial charge in [-0.3, -0.25) is 0 Å². The molecule has 0 unspecified atom stereocenters. The van der Waals surface area contributed by atoms with Gasteiger partial charge in [0.1, 0.15) is 11.4 Å². The van der Waals surface area contributed by atoms with Gasteiger partial charge in [-0.05, 0) is 92.5 Å². The second kappa shape index (κ2) is 12.7. The molecule has 5 heteroatoms. The van der Waals surface area contributed by atoms with Gasteiger partial charge in [0, 0.05) is 38.2 Å². The van der Waals surface area contributed by atoms with Crippen LogP contribution >= 0.6 is 0 Å². The number of furan rings is 1.